The minimum atomic E-state index is -0.425. The number of aromatic amines is 1. The number of ether oxygens (including phenoxy) is 1. The lowest BCUT2D eigenvalue weighted by Crippen LogP contribution is -2.39. The summed E-state index contributed by atoms with van der Waals surface area (Å²) < 4.78 is 5.87. The standard InChI is InChI=1S/C15H20N4O3/c20-14(16-8-9-1-2-9)13-7-11-12(22-13)4-6-19(11)15(21)10-3-5-17-18-10/h3,5,9,11-13H,1-2,4,6-8H2,(H,16,20)(H,17,18)/t11-,12-,13-/m1/s1. The van der Waals surface area contributed by atoms with Crippen LogP contribution in [0, 0.1) is 5.92 Å². The quantitative estimate of drug-likeness (QED) is 0.838. The summed E-state index contributed by atoms with van der Waals surface area (Å²) in [6.45, 7) is 1.43. The van der Waals surface area contributed by atoms with E-state index in [9.17, 15) is 9.59 Å². The van der Waals surface area contributed by atoms with Gasteiger partial charge in [-0.2, -0.15) is 5.10 Å². The Morgan fingerprint density at radius 3 is 3.00 bits per heavy atom. The van der Waals surface area contributed by atoms with E-state index >= 15 is 0 Å². The first-order valence-electron chi connectivity index (χ1n) is 7.96. The van der Waals surface area contributed by atoms with Gasteiger partial charge in [-0.1, -0.05) is 0 Å². The first kappa shape index (κ1) is 13.8. The lowest BCUT2D eigenvalue weighted by Gasteiger charge is -2.22. The normalized spacial score (nSPS) is 30.4. The Kier molecular flexibility index (Phi) is 3.37. The van der Waals surface area contributed by atoms with E-state index in [1.165, 1.54) is 12.8 Å². The number of nitrogens with one attached hydrogen (secondary N) is 2. The van der Waals surface area contributed by atoms with Crippen molar-refractivity contribution in [3.63, 3.8) is 0 Å². The van der Waals surface area contributed by atoms with Crippen LogP contribution in [0.15, 0.2) is 12.3 Å². The fourth-order valence-electron chi connectivity index (χ4n) is 3.38. The fraction of sp³-hybridized carbons (Fsp3) is 0.667. The predicted molar refractivity (Wildman–Crippen MR) is 77.0 cm³/mol. The first-order valence-corrected chi connectivity index (χ1v) is 7.96. The van der Waals surface area contributed by atoms with Gasteiger partial charge in [-0.25, -0.2) is 0 Å². The van der Waals surface area contributed by atoms with E-state index in [1.54, 1.807) is 12.3 Å². The molecule has 3 fully saturated rings. The maximum atomic E-state index is 12.4. The number of likely N-dealkylation sites (tertiary alicyclic amines) is 1. The smallest absolute Gasteiger partial charge is 0.272 e. The molecule has 22 heavy (non-hydrogen) atoms. The average molecular weight is 304 g/mol. The Hall–Kier alpha value is -1.89. The largest absolute Gasteiger partial charge is 0.363 e. The van der Waals surface area contributed by atoms with Crippen LogP contribution in [0.2, 0.25) is 0 Å². The summed E-state index contributed by atoms with van der Waals surface area (Å²) in [5, 5.41) is 9.49. The Morgan fingerprint density at radius 2 is 2.27 bits per heavy atom. The second-order valence-corrected chi connectivity index (χ2v) is 6.41. The number of nitrogens with zero attached hydrogens (tertiary/aromatic N) is 2. The van der Waals surface area contributed by atoms with Gasteiger partial charge in [0.15, 0.2) is 0 Å². The molecule has 1 aromatic rings. The van der Waals surface area contributed by atoms with E-state index in [1.807, 2.05) is 4.90 Å². The van der Waals surface area contributed by atoms with Crippen molar-refractivity contribution in [2.75, 3.05) is 13.1 Å². The van der Waals surface area contributed by atoms with Crippen LogP contribution in [0.5, 0.6) is 0 Å². The van der Waals surface area contributed by atoms with Gasteiger partial charge in [0, 0.05) is 25.7 Å². The molecule has 0 aromatic carbocycles. The number of carbonyl (C=O) groups is 2. The van der Waals surface area contributed by atoms with Crippen LogP contribution >= 0.6 is 0 Å². The van der Waals surface area contributed by atoms with Crippen LogP contribution in [0.4, 0.5) is 0 Å². The number of H-pyrrole nitrogens is 1. The van der Waals surface area contributed by atoms with E-state index in [2.05, 4.69) is 15.5 Å². The Labute approximate surface area is 128 Å². The van der Waals surface area contributed by atoms with Gasteiger partial charge in [0.25, 0.3) is 5.91 Å². The predicted octanol–water partition coefficient (Wildman–Crippen LogP) is 0.308. The highest BCUT2D eigenvalue weighted by Gasteiger charge is 2.47. The SMILES string of the molecule is O=C(NCC1CC1)[C@H]1C[C@@H]2[C@@H](CCN2C(=O)c2ccn[nH]2)O1. The van der Waals surface area contributed by atoms with Crippen molar-refractivity contribution in [3.05, 3.63) is 18.0 Å². The highest BCUT2D eigenvalue weighted by molar-refractivity contribution is 5.92. The Balaban J connectivity index is 1.38. The van der Waals surface area contributed by atoms with Gasteiger partial charge in [-0.15, -0.1) is 0 Å². The number of amides is 2. The summed E-state index contributed by atoms with van der Waals surface area (Å²) in [5.41, 5.74) is 0.488. The first-order chi connectivity index (χ1) is 10.7. The summed E-state index contributed by atoms with van der Waals surface area (Å²) in [5.74, 6) is 0.561. The second kappa shape index (κ2) is 5.39. The molecule has 1 aliphatic carbocycles. The molecule has 4 rings (SSSR count). The molecule has 2 amide bonds. The second-order valence-electron chi connectivity index (χ2n) is 6.41. The van der Waals surface area contributed by atoms with E-state index < -0.39 is 6.10 Å². The van der Waals surface area contributed by atoms with Gasteiger partial charge < -0.3 is 15.0 Å². The lowest BCUT2D eigenvalue weighted by atomic mass is 10.1. The molecule has 118 valence electrons. The molecule has 7 heteroatoms. The molecule has 1 saturated carbocycles. The van der Waals surface area contributed by atoms with Crippen LogP contribution in [0.3, 0.4) is 0 Å². The van der Waals surface area contributed by atoms with Crippen molar-refractivity contribution >= 4 is 11.8 Å². The molecular formula is C15H20N4O3. The summed E-state index contributed by atoms with van der Waals surface area (Å²) in [6, 6.07) is 1.66. The maximum Gasteiger partial charge on any atom is 0.272 e. The molecule has 0 radical (unpaired) electrons. The average Bonchev–Trinajstić information content (AvgIpc) is 2.95. The van der Waals surface area contributed by atoms with Crippen LogP contribution in [-0.2, 0) is 9.53 Å². The highest BCUT2D eigenvalue weighted by atomic mass is 16.5. The van der Waals surface area contributed by atoms with Gasteiger partial charge in [-0.05, 0) is 31.2 Å². The Bertz CT molecular complexity index is 569. The third kappa shape index (κ3) is 2.49. The molecule has 2 aliphatic heterocycles. The van der Waals surface area contributed by atoms with Gasteiger partial charge in [0.2, 0.25) is 5.91 Å². The van der Waals surface area contributed by atoms with E-state index in [0.717, 1.165) is 13.0 Å². The van der Waals surface area contributed by atoms with Crippen LogP contribution in [0.25, 0.3) is 0 Å². The number of fused-ring (bicyclic) bond motifs is 1. The summed E-state index contributed by atoms with van der Waals surface area (Å²) >= 11 is 0. The number of hydrogen-bond donors (Lipinski definition) is 2. The van der Waals surface area contributed by atoms with Crippen molar-refractivity contribution in [3.8, 4) is 0 Å². The lowest BCUT2D eigenvalue weighted by molar-refractivity contribution is -0.132. The zero-order valence-corrected chi connectivity index (χ0v) is 12.3. The van der Waals surface area contributed by atoms with Crippen molar-refractivity contribution in [1.29, 1.82) is 0 Å². The molecule has 0 spiro atoms. The van der Waals surface area contributed by atoms with Crippen LogP contribution in [-0.4, -0.2) is 58.3 Å². The zero-order valence-electron chi connectivity index (χ0n) is 12.3. The maximum absolute atomic E-state index is 12.4. The van der Waals surface area contributed by atoms with Crippen molar-refractivity contribution in [2.24, 2.45) is 5.92 Å². The topological polar surface area (TPSA) is 87.3 Å². The minimum Gasteiger partial charge on any atom is -0.363 e. The van der Waals surface area contributed by atoms with Crippen molar-refractivity contribution in [1.82, 2.24) is 20.4 Å². The Morgan fingerprint density at radius 1 is 1.41 bits per heavy atom. The highest BCUT2D eigenvalue weighted by Crippen LogP contribution is 2.34. The van der Waals surface area contributed by atoms with Crippen molar-refractivity contribution < 1.29 is 14.3 Å². The number of aromatic nitrogens is 2. The molecule has 0 unspecified atom stereocenters. The molecule has 7 nitrogen and oxygen atoms in total. The summed E-state index contributed by atoms with van der Waals surface area (Å²) in [7, 11) is 0. The van der Waals surface area contributed by atoms with Crippen molar-refractivity contribution in [2.45, 2.75) is 43.9 Å². The zero-order chi connectivity index (χ0) is 15.1. The molecule has 0 bridgehead atoms. The monoisotopic (exact) mass is 304 g/mol. The molecule has 3 atom stereocenters. The van der Waals surface area contributed by atoms with Crippen LogP contribution in [0.1, 0.15) is 36.2 Å². The third-order valence-electron chi connectivity index (χ3n) is 4.82. The molecule has 2 saturated heterocycles. The number of hydrogen-bond acceptors (Lipinski definition) is 4. The van der Waals surface area contributed by atoms with E-state index in [-0.39, 0.29) is 24.0 Å². The molecular weight excluding hydrogens is 284 g/mol. The van der Waals surface area contributed by atoms with Gasteiger partial charge >= 0.3 is 0 Å². The number of rotatable bonds is 4. The van der Waals surface area contributed by atoms with Gasteiger partial charge in [0.05, 0.1) is 12.1 Å². The minimum absolute atomic E-state index is 0.00697. The van der Waals surface area contributed by atoms with Gasteiger partial charge in [-0.3, -0.25) is 14.7 Å². The summed E-state index contributed by atoms with van der Waals surface area (Å²) in [6.07, 6.45) is 4.92. The van der Waals surface area contributed by atoms with Crippen LogP contribution < -0.4 is 5.32 Å². The number of carbonyl (C=O) groups excluding carboxylic acids is 2. The molecule has 2 N–H and O–H groups in total. The molecule has 3 heterocycles. The molecule has 1 aromatic heterocycles. The third-order valence-corrected chi connectivity index (χ3v) is 4.82. The van der Waals surface area contributed by atoms with E-state index in [4.69, 9.17) is 4.74 Å². The van der Waals surface area contributed by atoms with E-state index in [0.29, 0.717) is 24.6 Å². The summed E-state index contributed by atoms with van der Waals surface area (Å²) in [4.78, 5) is 26.4. The molecule has 3 aliphatic rings. The fourth-order valence-corrected chi connectivity index (χ4v) is 3.38. The van der Waals surface area contributed by atoms with Gasteiger partial charge in [0.1, 0.15) is 11.8 Å².